The van der Waals surface area contributed by atoms with Crippen molar-refractivity contribution in [3.63, 3.8) is 0 Å². The quantitative estimate of drug-likeness (QED) is 0.917. The summed E-state index contributed by atoms with van der Waals surface area (Å²) in [5.41, 5.74) is 1.14. The predicted molar refractivity (Wildman–Crippen MR) is 86.1 cm³/mol. The lowest BCUT2D eigenvalue weighted by Gasteiger charge is -2.22. The first-order valence-corrected chi connectivity index (χ1v) is 7.23. The molecule has 2 heterocycles. The second-order valence-corrected chi connectivity index (χ2v) is 6.40. The summed E-state index contributed by atoms with van der Waals surface area (Å²) in [4.78, 5) is 11.2. The summed E-state index contributed by atoms with van der Waals surface area (Å²) in [5, 5.41) is 3.46. The molecule has 0 amide bonds. The number of nitrogens with zero attached hydrogens (tertiary/aromatic N) is 4. The third-order valence-electron chi connectivity index (χ3n) is 3.28. The summed E-state index contributed by atoms with van der Waals surface area (Å²) >= 11 is 0. The molecule has 0 radical (unpaired) electrons. The number of pyridine rings is 1. The number of hydrogen-bond donors (Lipinski definition) is 1. The molecule has 5 nitrogen and oxygen atoms in total. The predicted octanol–water partition coefficient (Wildman–Crippen LogP) is 2.34. The van der Waals surface area contributed by atoms with Crippen LogP contribution in [0.15, 0.2) is 30.6 Å². The molecule has 0 aliphatic carbocycles. The van der Waals surface area contributed by atoms with Gasteiger partial charge < -0.3 is 14.8 Å². The summed E-state index contributed by atoms with van der Waals surface area (Å²) in [6.07, 6.45) is 3.78. The van der Waals surface area contributed by atoms with Crippen LogP contribution in [0.2, 0.25) is 0 Å². The molecule has 0 unspecified atom stereocenters. The van der Waals surface area contributed by atoms with Gasteiger partial charge >= 0.3 is 0 Å². The molecule has 0 saturated carbocycles. The lowest BCUT2D eigenvalue weighted by atomic mass is 10.1. The Kier molecular flexibility index (Phi) is 4.63. The van der Waals surface area contributed by atoms with Gasteiger partial charge in [-0.15, -0.1) is 0 Å². The number of aryl methyl sites for hydroxylation is 1. The standard InChI is InChI=1S/C16H25N5/c1-16(2,3)18-11-13-7-6-8-14(19-13)21(5)12-15-17-9-10-20(15)4/h6-10,18H,11-12H2,1-5H3. The third kappa shape index (κ3) is 4.56. The molecule has 2 aromatic rings. The molecule has 0 saturated heterocycles. The van der Waals surface area contributed by atoms with E-state index in [1.165, 1.54) is 0 Å². The zero-order chi connectivity index (χ0) is 15.5. The van der Waals surface area contributed by atoms with Crippen LogP contribution < -0.4 is 10.2 Å². The van der Waals surface area contributed by atoms with E-state index in [1.807, 2.05) is 37.1 Å². The Morgan fingerprint density at radius 2 is 2.05 bits per heavy atom. The first-order chi connectivity index (χ1) is 9.85. The van der Waals surface area contributed by atoms with Crippen molar-refractivity contribution >= 4 is 5.82 Å². The first kappa shape index (κ1) is 15.5. The summed E-state index contributed by atoms with van der Waals surface area (Å²) in [6.45, 7) is 7.98. The van der Waals surface area contributed by atoms with Gasteiger partial charge in [-0.25, -0.2) is 9.97 Å². The Morgan fingerprint density at radius 3 is 2.67 bits per heavy atom. The molecule has 0 atom stereocenters. The van der Waals surface area contributed by atoms with Gasteiger partial charge in [0.2, 0.25) is 0 Å². The number of hydrogen-bond acceptors (Lipinski definition) is 4. The first-order valence-electron chi connectivity index (χ1n) is 7.23. The molecular formula is C16H25N5. The molecule has 21 heavy (non-hydrogen) atoms. The Labute approximate surface area is 127 Å². The van der Waals surface area contributed by atoms with E-state index < -0.39 is 0 Å². The van der Waals surface area contributed by atoms with Crippen LogP contribution in [0, 0.1) is 0 Å². The van der Waals surface area contributed by atoms with Crippen LogP contribution in [-0.4, -0.2) is 27.1 Å². The SMILES string of the molecule is CN(Cc1nccn1C)c1cccc(CNC(C)(C)C)n1. The van der Waals surface area contributed by atoms with Crippen LogP contribution in [0.3, 0.4) is 0 Å². The normalized spacial score (nSPS) is 11.7. The highest BCUT2D eigenvalue weighted by atomic mass is 15.2. The number of nitrogens with one attached hydrogen (secondary N) is 1. The van der Waals surface area contributed by atoms with Gasteiger partial charge in [0.15, 0.2) is 0 Å². The molecule has 1 N–H and O–H groups in total. The highest BCUT2D eigenvalue weighted by Crippen LogP contribution is 2.13. The van der Waals surface area contributed by atoms with Gasteiger partial charge in [-0.2, -0.15) is 0 Å². The number of imidazole rings is 1. The molecule has 5 heteroatoms. The fourth-order valence-corrected chi connectivity index (χ4v) is 1.98. The van der Waals surface area contributed by atoms with Crippen LogP contribution >= 0.6 is 0 Å². The van der Waals surface area contributed by atoms with E-state index in [4.69, 9.17) is 4.98 Å². The minimum atomic E-state index is 0.0938. The second-order valence-electron chi connectivity index (χ2n) is 6.40. The molecule has 0 bridgehead atoms. The Hall–Kier alpha value is -1.88. The highest BCUT2D eigenvalue weighted by Gasteiger charge is 2.11. The van der Waals surface area contributed by atoms with Crippen LogP contribution in [0.4, 0.5) is 5.82 Å². The minimum Gasteiger partial charge on any atom is -0.352 e. The Bertz CT molecular complexity index is 582. The van der Waals surface area contributed by atoms with E-state index in [1.54, 1.807) is 0 Å². The van der Waals surface area contributed by atoms with Crippen LogP contribution in [0.25, 0.3) is 0 Å². The van der Waals surface area contributed by atoms with Crippen molar-refractivity contribution in [1.29, 1.82) is 0 Å². The van der Waals surface area contributed by atoms with Crippen LogP contribution in [-0.2, 0) is 20.1 Å². The van der Waals surface area contributed by atoms with Crippen molar-refractivity contribution in [3.05, 3.63) is 42.1 Å². The molecule has 0 aromatic carbocycles. The van der Waals surface area contributed by atoms with Crippen molar-refractivity contribution in [2.24, 2.45) is 7.05 Å². The van der Waals surface area contributed by atoms with E-state index >= 15 is 0 Å². The molecule has 0 spiro atoms. The average Bonchev–Trinajstić information content (AvgIpc) is 2.81. The zero-order valence-electron chi connectivity index (χ0n) is 13.6. The summed E-state index contributed by atoms with van der Waals surface area (Å²) in [6, 6.07) is 6.14. The number of rotatable bonds is 5. The van der Waals surface area contributed by atoms with E-state index in [-0.39, 0.29) is 5.54 Å². The van der Waals surface area contributed by atoms with E-state index in [2.05, 4.69) is 48.1 Å². The minimum absolute atomic E-state index is 0.0938. The van der Waals surface area contributed by atoms with Crippen molar-refractivity contribution in [1.82, 2.24) is 19.9 Å². The lowest BCUT2D eigenvalue weighted by Crippen LogP contribution is -2.35. The maximum Gasteiger partial charge on any atom is 0.129 e. The summed E-state index contributed by atoms with van der Waals surface area (Å²) in [7, 11) is 4.05. The summed E-state index contributed by atoms with van der Waals surface area (Å²) in [5.74, 6) is 1.99. The topological polar surface area (TPSA) is 46.0 Å². The molecule has 114 valence electrons. The van der Waals surface area contributed by atoms with E-state index in [0.717, 1.165) is 30.4 Å². The van der Waals surface area contributed by atoms with Gasteiger partial charge in [0.1, 0.15) is 11.6 Å². The fourth-order valence-electron chi connectivity index (χ4n) is 1.98. The average molecular weight is 287 g/mol. The highest BCUT2D eigenvalue weighted by molar-refractivity contribution is 5.38. The summed E-state index contributed by atoms with van der Waals surface area (Å²) < 4.78 is 2.03. The molecule has 2 rings (SSSR count). The van der Waals surface area contributed by atoms with Gasteiger partial charge in [-0.1, -0.05) is 6.07 Å². The molecular weight excluding hydrogens is 262 g/mol. The fraction of sp³-hybridized carbons (Fsp3) is 0.500. The Morgan fingerprint density at radius 1 is 1.29 bits per heavy atom. The van der Waals surface area contributed by atoms with E-state index in [9.17, 15) is 0 Å². The van der Waals surface area contributed by atoms with Gasteiger partial charge in [0.05, 0.1) is 12.2 Å². The molecule has 0 aliphatic heterocycles. The Balaban J connectivity index is 2.04. The number of aromatic nitrogens is 3. The zero-order valence-corrected chi connectivity index (χ0v) is 13.6. The molecule has 0 fully saturated rings. The second kappa shape index (κ2) is 6.26. The van der Waals surface area contributed by atoms with Crippen molar-refractivity contribution in [2.75, 3.05) is 11.9 Å². The lowest BCUT2D eigenvalue weighted by molar-refractivity contribution is 0.421. The van der Waals surface area contributed by atoms with Crippen LogP contribution in [0.5, 0.6) is 0 Å². The van der Waals surface area contributed by atoms with Crippen LogP contribution in [0.1, 0.15) is 32.3 Å². The third-order valence-corrected chi connectivity index (χ3v) is 3.28. The molecule has 0 aliphatic rings. The van der Waals surface area contributed by atoms with Gasteiger partial charge in [0, 0.05) is 38.6 Å². The number of anilines is 1. The van der Waals surface area contributed by atoms with Crippen molar-refractivity contribution in [3.8, 4) is 0 Å². The van der Waals surface area contributed by atoms with Gasteiger partial charge in [0.25, 0.3) is 0 Å². The van der Waals surface area contributed by atoms with Gasteiger partial charge in [-0.3, -0.25) is 0 Å². The van der Waals surface area contributed by atoms with Crippen molar-refractivity contribution < 1.29 is 0 Å². The maximum atomic E-state index is 4.71. The largest absolute Gasteiger partial charge is 0.352 e. The van der Waals surface area contributed by atoms with E-state index in [0.29, 0.717) is 0 Å². The van der Waals surface area contributed by atoms with Crippen molar-refractivity contribution in [2.45, 2.75) is 39.4 Å². The monoisotopic (exact) mass is 287 g/mol. The molecule has 2 aromatic heterocycles. The maximum absolute atomic E-state index is 4.71. The van der Waals surface area contributed by atoms with Gasteiger partial charge in [-0.05, 0) is 32.9 Å². The smallest absolute Gasteiger partial charge is 0.129 e.